The van der Waals surface area contributed by atoms with Crippen molar-refractivity contribution in [2.24, 2.45) is 0 Å². The Morgan fingerprint density at radius 3 is 2.41 bits per heavy atom. The van der Waals surface area contributed by atoms with Gasteiger partial charge in [-0.25, -0.2) is 4.98 Å². The number of alkyl halides is 3. The van der Waals surface area contributed by atoms with Crippen LogP contribution in [0.3, 0.4) is 0 Å². The Morgan fingerprint density at radius 1 is 1.00 bits per heavy atom. The van der Waals surface area contributed by atoms with Crippen molar-refractivity contribution in [3.63, 3.8) is 0 Å². The Morgan fingerprint density at radius 2 is 1.78 bits per heavy atom. The molecule has 0 aliphatic rings. The highest BCUT2D eigenvalue weighted by Crippen LogP contribution is 2.30. The second-order valence-electron chi connectivity index (χ2n) is 5.57. The van der Waals surface area contributed by atoms with Crippen molar-refractivity contribution >= 4 is 6.29 Å². The van der Waals surface area contributed by atoms with Gasteiger partial charge in [0.05, 0.1) is 0 Å². The van der Waals surface area contributed by atoms with Gasteiger partial charge in [0.25, 0.3) is 0 Å². The molecule has 4 nitrogen and oxygen atoms in total. The van der Waals surface area contributed by atoms with Crippen LogP contribution < -0.4 is 9.47 Å². The molecule has 0 atom stereocenters. The summed E-state index contributed by atoms with van der Waals surface area (Å²) in [7, 11) is 0. The summed E-state index contributed by atoms with van der Waals surface area (Å²) in [5, 5.41) is 0. The molecule has 0 aliphatic carbocycles. The van der Waals surface area contributed by atoms with Gasteiger partial charge in [-0.2, -0.15) is 0 Å². The number of halogens is 3. The van der Waals surface area contributed by atoms with Gasteiger partial charge in [-0.05, 0) is 35.4 Å². The molecule has 2 aromatic carbocycles. The van der Waals surface area contributed by atoms with E-state index in [4.69, 9.17) is 4.74 Å². The van der Waals surface area contributed by atoms with Gasteiger partial charge in [-0.1, -0.05) is 30.3 Å². The van der Waals surface area contributed by atoms with E-state index in [0.717, 1.165) is 17.7 Å². The van der Waals surface area contributed by atoms with Crippen LogP contribution in [0.1, 0.15) is 15.9 Å². The quantitative estimate of drug-likeness (QED) is 0.568. The molecule has 27 heavy (non-hydrogen) atoms. The van der Waals surface area contributed by atoms with Gasteiger partial charge in [0, 0.05) is 23.4 Å². The number of hydrogen-bond donors (Lipinski definition) is 0. The van der Waals surface area contributed by atoms with E-state index >= 15 is 0 Å². The van der Waals surface area contributed by atoms with Crippen LogP contribution in [0, 0.1) is 0 Å². The molecule has 0 saturated carbocycles. The summed E-state index contributed by atoms with van der Waals surface area (Å²) in [5.41, 5.74) is 1.96. The third kappa shape index (κ3) is 5.07. The van der Waals surface area contributed by atoms with Crippen LogP contribution in [-0.2, 0) is 6.61 Å². The van der Waals surface area contributed by atoms with Crippen molar-refractivity contribution in [2.45, 2.75) is 13.0 Å². The minimum atomic E-state index is -4.81. The van der Waals surface area contributed by atoms with Gasteiger partial charge in [0.15, 0.2) is 6.29 Å². The normalized spacial score (nSPS) is 11.1. The first kappa shape index (κ1) is 18.4. The first-order valence-corrected chi connectivity index (χ1v) is 7.93. The smallest absolute Gasteiger partial charge is 0.473 e. The number of nitrogens with zero attached hydrogens (tertiary/aromatic N) is 1. The zero-order chi connectivity index (χ0) is 19.3. The SMILES string of the molecule is O=Cc1ccc(OC(F)(F)F)cc1-c1ccc(OCc2ccccc2)nc1. The lowest BCUT2D eigenvalue weighted by molar-refractivity contribution is -0.274. The summed E-state index contributed by atoms with van der Waals surface area (Å²) in [6.07, 6.45) is -2.82. The molecule has 1 heterocycles. The molecule has 138 valence electrons. The number of carbonyl (C=O) groups is 1. The van der Waals surface area contributed by atoms with Gasteiger partial charge in [-0.3, -0.25) is 4.79 Å². The van der Waals surface area contributed by atoms with E-state index in [0.29, 0.717) is 24.3 Å². The minimum absolute atomic E-state index is 0.226. The topological polar surface area (TPSA) is 48.4 Å². The van der Waals surface area contributed by atoms with Crippen LogP contribution in [0.25, 0.3) is 11.1 Å². The first-order chi connectivity index (χ1) is 12.9. The molecule has 1 aromatic heterocycles. The molecular formula is C20H14F3NO3. The summed E-state index contributed by atoms with van der Waals surface area (Å²) < 4.78 is 46.7. The Bertz CT molecular complexity index is 910. The molecule has 0 radical (unpaired) electrons. The zero-order valence-corrected chi connectivity index (χ0v) is 13.9. The van der Waals surface area contributed by atoms with Crippen molar-refractivity contribution in [1.29, 1.82) is 0 Å². The van der Waals surface area contributed by atoms with Crippen LogP contribution in [0.15, 0.2) is 66.9 Å². The lowest BCUT2D eigenvalue weighted by atomic mass is 10.0. The molecule has 0 fully saturated rings. The Hall–Kier alpha value is -3.35. The third-order valence-corrected chi connectivity index (χ3v) is 3.66. The summed E-state index contributed by atoms with van der Waals surface area (Å²) in [5.74, 6) is -0.0505. The monoisotopic (exact) mass is 373 g/mol. The third-order valence-electron chi connectivity index (χ3n) is 3.66. The molecule has 7 heteroatoms. The average Bonchev–Trinajstić information content (AvgIpc) is 2.66. The number of benzene rings is 2. The molecule has 0 unspecified atom stereocenters. The number of ether oxygens (including phenoxy) is 2. The van der Waals surface area contributed by atoms with Crippen LogP contribution in [0.2, 0.25) is 0 Å². The molecule has 0 bridgehead atoms. The van der Waals surface area contributed by atoms with Gasteiger partial charge in [0.2, 0.25) is 5.88 Å². The molecule has 0 N–H and O–H groups in total. The molecule has 3 aromatic rings. The fourth-order valence-electron chi connectivity index (χ4n) is 2.44. The van der Waals surface area contributed by atoms with E-state index in [2.05, 4.69) is 9.72 Å². The van der Waals surface area contributed by atoms with E-state index in [9.17, 15) is 18.0 Å². The number of aromatic nitrogens is 1. The summed E-state index contributed by atoms with van der Waals surface area (Å²) in [6.45, 7) is 0.335. The van der Waals surface area contributed by atoms with E-state index in [1.807, 2.05) is 30.3 Å². The largest absolute Gasteiger partial charge is 0.573 e. The second-order valence-corrected chi connectivity index (χ2v) is 5.57. The van der Waals surface area contributed by atoms with Crippen molar-refractivity contribution in [2.75, 3.05) is 0 Å². The van der Waals surface area contributed by atoms with Gasteiger partial charge >= 0.3 is 6.36 Å². The maximum absolute atomic E-state index is 12.4. The average molecular weight is 373 g/mol. The predicted molar refractivity (Wildman–Crippen MR) is 92.5 cm³/mol. The second kappa shape index (κ2) is 7.90. The lowest BCUT2D eigenvalue weighted by Gasteiger charge is -2.12. The van der Waals surface area contributed by atoms with E-state index in [1.54, 1.807) is 12.1 Å². The Labute approximate surface area is 153 Å². The predicted octanol–water partition coefficient (Wildman–Crippen LogP) is 5.04. The Balaban J connectivity index is 1.79. The fraction of sp³-hybridized carbons (Fsp3) is 0.100. The van der Waals surface area contributed by atoms with Crippen molar-refractivity contribution in [1.82, 2.24) is 4.98 Å². The van der Waals surface area contributed by atoms with Gasteiger partial charge in [0.1, 0.15) is 12.4 Å². The number of pyridine rings is 1. The summed E-state index contributed by atoms with van der Waals surface area (Å²) in [6, 6.07) is 16.2. The van der Waals surface area contributed by atoms with Crippen LogP contribution in [0.4, 0.5) is 13.2 Å². The standard InChI is InChI=1S/C20H14F3NO3/c21-20(22,23)27-17-8-6-16(12-25)18(10-17)15-7-9-19(24-11-15)26-13-14-4-2-1-3-5-14/h1-12H,13H2. The molecule has 3 rings (SSSR count). The number of aldehydes is 1. The van der Waals surface area contributed by atoms with Crippen molar-refractivity contribution in [3.8, 4) is 22.8 Å². The number of rotatable bonds is 6. The van der Waals surface area contributed by atoms with Crippen molar-refractivity contribution in [3.05, 3.63) is 78.0 Å². The molecule has 0 aliphatic heterocycles. The number of carbonyl (C=O) groups excluding carboxylic acids is 1. The van der Waals surface area contributed by atoms with Gasteiger partial charge in [-0.15, -0.1) is 13.2 Å². The summed E-state index contributed by atoms with van der Waals surface area (Å²) >= 11 is 0. The van der Waals surface area contributed by atoms with Gasteiger partial charge < -0.3 is 9.47 Å². The van der Waals surface area contributed by atoms with Crippen molar-refractivity contribution < 1.29 is 27.4 Å². The highest BCUT2D eigenvalue weighted by molar-refractivity contribution is 5.88. The zero-order valence-electron chi connectivity index (χ0n) is 13.9. The maximum atomic E-state index is 12.4. The molecule has 0 saturated heterocycles. The molecule has 0 spiro atoms. The van der Waals surface area contributed by atoms with E-state index in [1.165, 1.54) is 12.3 Å². The number of hydrogen-bond acceptors (Lipinski definition) is 4. The molecule has 0 amide bonds. The maximum Gasteiger partial charge on any atom is 0.573 e. The fourth-order valence-corrected chi connectivity index (χ4v) is 2.44. The van der Waals surface area contributed by atoms with E-state index < -0.39 is 12.1 Å². The minimum Gasteiger partial charge on any atom is -0.473 e. The molecular weight excluding hydrogens is 359 g/mol. The van der Waals surface area contributed by atoms with Crippen LogP contribution >= 0.6 is 0 Å². The van der Waals surface area contributed by atoms with E-state index in [-0.39, 0.29) is 11.1 Å². The lowest BCUT2D eigenvalue weighted by Crippen LogP contribution is -2.17. The van der Waals surface area contributed by atoms with Crippen LogP contribution in [-0.4, -0.2) is 17.6 Å². The highest BCUT2D eigenvalue weighted by Gasteiger charge is 2.31. The first-order valence-electron chi connectivity index (χ1n) is 7.93. The summed E-state index contributed by atoms with van der Waals surface area (Å²) in [4.78, 5) is 15.4. The Kier molecular flexibility index (Phi) is 5.40. The highest BCUT2D eigenvalue weighted by atomic mass is 19.4. The van der Waals surface area contributed by atoms with Crippen LogP contribution in [0.5, 0.6) is 11.6 Å².